The van der Waals surface area contributed by atoms with Crippen LogP contribution in [0.4, 0.5) is 0 Å². The number of amides is 1. The monoisotopic (exact) mass is 382 g/mol. The van der Waals surface area contributed by atoms with Crippen LogP contribution in [0.1, 0.15) is 36.0 Å². The summed E-state index contributed by atoms with van der Waals surface area (Å²) < 4.78 is 16.6. The van der Waals surface area contributed by atoms with E-state index in [-0.39, 0.29) is 12.7 Å². The van der Waals surface area contributed by atoms with E-state index in [2.05, 4.69) is 10.2 Å². The molecule has 0 saturated carbocycles. The van der Waals surface area contributed by atoms with E-state index in [4.69, 9.17) is 14.2 Å². The molecule has 2 aliphatic heterocycles. The number of ether oxygens (including phenoxy) is 3. The summed E-state index contributed by atoms with van der Waals surface area (Å²) in [4.78, 5) is 14.9. The van der Waals surface area contributed by atoms with Crippen LogP contribution < -0.4 is 19.5 Å². The van der Waals surface area contributed by atoms with Crippen LogP contribution in [0.15, 0.2) is 42.5 Å². The zero-order valence-corrected chi connectivity index (χ0v) is 16.0. The van der Waals surface area contributed by atoms with Gasteiger partial charge in [0.25, 0.3) is 5.91 Å². The van der Waals surface area contributed by atoms with E-state index in [9.17, 15) is 4.79 Å². The molecule has 4 rings (SSSR count). The Kier molecular flexibility index (Phi) is 5.97. The normalized spacial score (nSPS) is 16.0. The Hall–Kier alpha value is -2.73. The minimum atomic E-state index is -0.0743. The third-order valence-corrected chi connectivity index (χ3v) is 5.06. The molecule has 0 radical (unpaired) electrons. The largest absolute Gasteiger partial charge is 0.457 e. The molecule has 6 heteroatoms. The number of hydrogen-bond donors (Lipinski definition) is 1. The molecule has 0 unspecified atom stereocenters. The third kappa shape index (κ3) is 4.75. The first-order chi connectivity index (χ1) is 13.8. The van der Waals surface area contributed by atoms with Gasteiger partial charge in [0, 0.05) is 18.2 Å². The van der Waals surface area contributed by atoms with Crippen molar-refractivity contribution >= 4 is 5.91 Å². The number of nitrogens with zero attached hydrogens (tertiary/aromatic N) is 1. The molecule has 6 nitrogen and oxygen atoms in total. The average molecular weight is 382 g/mol. The third-order valence-electron chi connectivity index (χ3n) is 5.06. The molecular formula is C22H26N2O4. The summed E-state index contributed by atoms with van der Waals surface area (Å²) in [6.45, 7) is 4.34. The van der Waals surface area contributed by atoms with Gasteiger partial charge in [0.2, 0.25) is 6.79 Å². The van der Waals surface area contributed by atoms with E-state index in [0.29, 0.717) is 35.1 Å². The van der Waals surface area contributed by atoms with Crippen molar-refractivity contribution in [3.63, 3.8) is 0 Å². The lowest BCUT2D eigenvalue weighted by atomic mass is 10.1. The molecule has 1 fully saturated rings. The van der Waals surface area contributed by atoms with Gasteiger partial charge in [-0.1, -0.05) is 12.5 Å². The van der Waals surface area contributed by atoms with Gasteiger partial charge in [0.15, 0.2) is 11.5 Å². The highest BCUT2D eigenvalue weighted by atomic mass is 16.7. The zero-order chi connectivity index (χ0) is 19.2. The lowest BCUT2D eigenvalue weighted by molar-refractivity contribution is 0.0950. The number of fused-ring (bicyclic) bond motifs is 1. The lowest BCUT2D eigenvalue weighted by Crippen LogP contribution is -2.33. The Morgan fingerprint density at radius 2 is 1.82 bits per heavy atom. The summed E-state index contributed by atoms with van der Waals surface area (Å²) in [5.41, 5.74) is 0.594. The Labute approximate surface area is 165 Å². The number of nitrogens with one attached hydrogen (secondary N) is 1. The minimum Gasteiger partial charge on any atom is -0.457 e. The Morgan fingerprint density at radius 3 is 2.71 bits per heavy atom. The molecule has 0 spiro atoms. The van der Waals surface area contributed by atoms with Crippen LogP contribution in [-0.4, -0.2) is 43.8 Å². The zero-order valence-electron chi connectivity index (χ0n) is 16.0. The molecule has 0 aliphatic carbocycles. The highest BCUT2D eigenvalue weighted by Crippen LogP contribution is 2.36. The fourth-order valence-electron chi connectivity index (χ4n) is 3.57. The molecule has 0 bridgehead atoms. The molecule has 148 valence electrons. The van der Waals surface area contributed by atoms with Crippen LogP contribution in [0.25, 0.3) is 0 Å². The van der Waals surface area contributed by atoms with E-state index in [1.807, 2.05) is 24.3 Å². The first kappa shape index (κ1) is 18.6. The Bertz CT molecular complexity index is 818. The van der Waals surface area contributed by atoms with Gasteiger partial charge in [-0.2, -0.15) is 0 Å². The summed E-state index contributed by atoms with van der Waals surface area (Å²) in [7, 11) is 0. The van der Waals surface area contributed by atoms with Crippen molar-refractivity contribution in [1.29, 1.82) is 0 Å². The molecule has 2 heterocycles. The van der Waals surface area contributed by atoms with Crippen molar-refractivity contribution < 1.29 is 19.0 Å². The van der Waals surface area contributed by atoms with Crippen molar-refractivity contribution in [1.82, 2.24) is 10.2 Å². The second-order valence-electron chi connectivity index (χ2n) is 7.16. The molecule has 0 aromatic heterocycles. The summed E-state index contributed by atoms with van der Waals surface area (Å²) in [5.74, 6) is 2.56. The number of hydrogen-bond acceptors (Lipinski definition) is 5. The molecular weight excluding hydrogens is 356 g/mol. The number of carbonyl (C=O) groups excluding carboxylic acids is 1. The highest BCUT2D eigenvalue weighted by molar-refractivity contribution is 5.94. The first-order valence-electron chi connectivity index (χ1n) is 9.96. The quantitative estimate of drug-likeness (QED) is 0.738. The van der Waals surface area contributed by atoms with Crippen LogP contribution >= 0.6 is 0 Å². The first-order valence-corrected chi connectivity index (χ1v) is 9.96. The lowest BCUT2D eigenvalue weighted by Gasteiger charge is -2.26. The molecule has 1 N–H and O–H groups in total. The van der Waals surface area contributed by atoms with Crippen molar-refractivity contribution in [2.45, 2.75) is 25.7 Å². The van der Waals surface area contributed by atoms with E-state index in [1.165, 1.54) is 32.4 Å². The Morgan fingerprint density at radius 1 is 1.00 bits per heavy atom. The number of carbonyl (C=O) groups is 1. The fourth-order valence-corrected chi connectivity index (χ4v) is 3.57. The van der Waals surface area contributed by atoms with E-state index in [1.54, 1.807) is 18.2 Å². The maximum Gasteiger partial charge on any atom is 0.251 e. The molecule has 28 heavy (non-hydrogen) atoms. The smallest absolute Gasteiger partial charge is 0.251 e. The van der Waals surface area contributed by atoms with Crippen LogP contribution in [0, 0.1) is 0 Å². The second-order valence-corrected chi connectivity index (χ2v) is 7.16. The summed E-state index contributed by atoms with van der Waals surface area (Å²) in [5, 5.41) is 3.01. The van der Waals surface area contributed by atoms with Gasteiger partial charge in [-0.3, -0.25) is 4.79 Å². The van der Waals surface area contributed by atoms with E-state index >= 15 is 0 Å². The number of likely N-dealkylation sites (tertiary alicyclic amines) is 1. The van der Waals surface area contributed by atoms with Gasteiger partial charge in [-0.05, 0) is 69.2 Å². The second kappa shape index (κ2) is 8.97. The van der Waals surface area contributed by atoms with Crippen LogP contribution in [0.2, 0.25) is 0 Å². The average Bonchev–Trinajstić information content (AvgIpc) is 3.20. The summed E-state index contributed by atoms with van der Waals surface area (Å²) in [6, 6.07) is 12.6. The van der Waals surface area contributed by atoms with Gasteiger partial charge in [0.05, 0.1) is 0 Å². The standard InChI is InChI=1S/C22H26N2O4/c25-22(23-10-5-13-24-11-2-1-3-12-24)17-6-4-7-18(14-17)28-19-8-9-20-21(15-19)27-16-26-20/h4,6-9,14-15H,1-3,5,10-13,16H2,(H,23,25). The van der Waals surface area contributed by atoms with Gasteiger partial charge in [-0.15, -0.1) is 0 Å². The number of benzene rings is 2. The maximum absolute atomic E-state index is 12.4. The molecule has 2 aromatic rings. The Balaban J connectivity index is 1.28. The minimum absolute atomic E-state index is 0.0743. The topological polar surface area (TPSA) is 60.0 Å². The van der Waals surface area contributed by atoms with Crippen molar-refractivity contribution in [2.75, 3.05) is 33.0 Å². The van der Waals surface area contributed by atoms with E-state index < -0.39 is 0 Å². The van der Waals surface area contributed by atoms with Gasteiger partial charge >= 0.3 is 0 Å². The fraction of sp³-hybridized carbons (Fsp3) is 0.409. The highest BCUT2D eigenvalue weighted by Gasteiger charge is 2.14. The molecule has 2 aromatic carbocycles. The van der Waals surface area contributed by atoms with Crippen LogP contribution in [-0.2, 0) is 0 Å². The predicted molar refractivity (Wildman–Crippen MR) is 106 cm³/mol. The molecule has 2 aliphatic rings. The van der Waals surface area contributed by atoms with Crippen LogP contribution in [0.5, 0.6) is 23.0 Å². The summed E-state index contributed by atoms with van der Waals surface area (Å²) >= 11 is 0. The maximum atomic E-state index is 12.4. The van der Waals surface area contributed by atoms with Gasteiger partial charge < -0.3 is 24.4 Å². The molecule has 1 amide bonds. The van der Waals surface area contributed by atoms with Crippen molar-refractivity contribution in [3.8, 4) is 23.0 Å². The van der Waals surface area contributed by atoms with E-state index in [0.717, 1.165) is 13.0 Å². The van der Waals surface area contributed by atoms with Crippen molar-refractivity contribution in [2.24, 2.45) is 0 Å². The predicted octanol–water partition coefficient (Wildman–Crippen LogP) is 3.81. The van der Waals surface area contributed by atoms with Crippen molar-refractivity contribution in [3.05, 3.63) is 48.0 Å². The molecule has 1 saturated heterocycles. The van der Waals surface area contributed by atoms with Gasteiger partial charge in [0.1, 0.15) is 11.5 Å². The SMILES string of the molecule is O=C(NCCCN1CCCCC1)c1cccc(Oc2ccc3c(c2)OCO3)c1. The number of rotatable bonds is 7. The number of piperidine rings is 1. The summed E-state index contributed by atoms with van der Waals surface area (Å²) in [6.07, 6.45) is 4.90. The van der Waals surface area contributed by atoms with Crippen LogP contribution in [0.3, 0.4) is 0 Å². The van der Waals surface area contributed by atoms with Gasteiger partial charge in [-0.25, -0.2) is 0 Å². The molecule has 0 atom stereocenters.